The molecule has 0 saturated carbocycles. The second-order valence-corrected chi connectivity index (χ2v) is 7.85. The topological polar surface area (TPSA) is 63.5 Å². The highest BCUT2D eigenvalue weighted by atomic mass is 16.5. The van der Waals surface area contributed by atoms with Gasteiger partial charge in [0.2, 0.25) is 5.82 Å². The zero-order chi connectivity index (χ0) is 22.6. The summed E-state index contributed by atoms with van der Waals surface area (Å²) in [6.45, 7) is 2.70. The average molecular weight is 440 g/mol. The second kappa shape index (κ2) is 9.16. The number of hydrogen-bond donors (Lipinski definition) is 0. The Morgan fingerprint density at radius 2 is 1.48 bits per heavy atom. The summed E-state index contributed by atoms with van der Waals surface area (Å²) in [6, 6.07) is 27.6. The Morgan fingerprint density at radius 3 is 2.18 bits per heavy atom. The third-order valence-electron chi connectivity index (χ3n) is 5.82. The van der Waals surface area contributed by atoms with E-state index in [1.165, 1.54) is 0 Å². The molecule has 1 aliphatic heterocycles. The van der Waals surface area contributed by atoms with Crippen molar-refractivity contribution >= 4 is 11.6 Å². The molecule has 0 spiro atoms. The predicted molar refractivity (Wildman–Crippen MR) is 128 cm³/mol. The largest absolute Gasteiger partial charge is 0.497 e. The first-order valence-corrected chi connectivity index (χ1v) is 11.0. The number of hydrogen-bond acceptors (Lipinski definition) is 5. The zero-order valence-electron chi connectivity index (χ0n) is 18.5. The Balaban J connectivity index is 1.37. The van der Waals surface area contributed by atoms with Crippen molar-refractivity contribution < 1.29 is 9.53 Å². The maximum absolute atomic E-state index is 13.3. The van der Waals surface area contributed by atoms with E-state index < -0.39 is 0 Å². The SMILES string of the molecule is COc1cccc(N2CCN(C(=O)c3nc(-c4ccccc4)n(-c4ccccc4)n3)CC2)c1. The molecule has 4 aromatic rings. The van der Waals surface area contributed by atoms with E-state index >= 15 is 0 Å². The van der Waals surface area contributed by atoms with Gasteiger partial charge < -0.3 is 14.5 Å². The molecule has 1 aliphatic rings. The van der Waals surface area contributed by atoms with Crippen LogP contribution in [0.3, 0.4) is 0 Å². The minimum atomic E-state index is -0.146. The lowest BCUT2D eigenvalue weighted by atomic mass is 10.2. The van der Waals surface area contributed by atoms with E-state index in [9.17, 15) is 4.79 Å². The zero-order valence-corrected chi connectivity index (χ0v) is 18.5. The summed E-state index contributed by atoms with van der Waals surface area (Å²) in [7, 11) is 1.67. The van der Waals surface area contributed by atoms with Crippen molar-refractivity contribution in [2.24, 2.45) is 0 Å². The number of para-hydroxylation sites is 1. The highest BCUT2D eigenvalue weighted by Crippen LogP contribution is 2.24. The molecular formula is C26H25N5O2. The summed E-state index contributed by atoms with van der Waals surface area (Å²) >= 11 is 0. The van der Waals surface area contributed by atoms with Crippen LogP contribution in [-0.2, 0) is 0 Å². The third kappa shape index (κ3) is 4.30. The molecule has 5 rings (SSSR count). The lowest BCUT2D eigenvalue weighted by molar-refractivity contribution is 0.0734. The van der Waals surface area contributed by atoms with Crippen molar-refractivity contribution in [3.8, 4) is 22.8 Å². The van der Waals surface area contributed by atoms with Crippen molar-refractivity contribution in [1.82, 2.24) is 19.7 Å². The van der Waals surface area contributed by atoms with Crippen LogP contribution in [0.25, 0.3) is 17.1 Å². The molecule has 1 aromatic heterocycles. The van der Waals surface area contributed by atoms with E-state index in [1.54, 1.807) is 11.8 Å². The summed E-state index contributed by atoms with van der Waals surface area (Å²) in [5.41, 5.74) is 2.88. The monoisotopic (exact) mass is 439 g/mol. The van der Waals surface area contributed by atoms with Crippen molar-refractivity contribution in [3.05, 3.63) is 90.8 Å². The standard InChI is InChI=1S/C26H25N5O2/c1-33-23-14-8-13-22(19-23)29-15-17-30(18-16-29)26(32)24-27-25(20-9-4-2-5-10-20)31(28-24)21-11-6-3-7-12-21/h2-14,19H,15-18H2,1H3. The van der Waals surface area contributed by atoms with Gasteiger partial charge >= 0.3 is 0 Å². The summed E-state index contributed by atoms with van der Waals surface area (Å²) in [5, 5.41) is 4.62. The van der Waals surface area contributed by atoms with Gasteiger partial charge in [0.25, 0.3) is 5.91 Å². The maximum Gasteiger partial charge on any atom is 0.293 e. The van der Waals surface area contributed by atoms with Crippen LogP contribution in [0.5, 0.6) is 5.75 Å². The predicted octanol–water partition coefficient (Wildman–Crippen LogP) is 3.91. The molecule has 7 nitrogen and oxygen atoms in total. The summed E-state index contributed by atoms with van der Waals surface area (Å²) in [4.78, 5) is 22.1. The van der Waals surface area contributed by atoms with Crippen LogP contribution >= 0.6 is 0 Å². The fourth-order valence-corrected chi connectivity index (χ4v) is 4.04. The number of benzene rings is 3. The highest BCUT2D eigenvalue weighted by molar-refractivity contribution is 5.91. The molecule has 3 aromatic carbocycles. The minimum Gasteiger partial charge on any atom is -0.497 e. The molecule has 0 atom stereocenters. The Labute approximate surface area is 192 Å². The molecule has 1 saturated heterocycles. The third-order valence-corrected chi connectivity index (χ3v) is 5.82. The van der Waals surface area contributed by atoms with Gasteiger partial charge in [-0.05, 0) is 24.3 Å². The molecular weight excluding hydrogens is 414 g/mol. The minimum absolute atomic E-state index is 0.146. The van der Waals surface area contributed by atoms with Crippen molar-refractivity contribution in [2.75, 3.05) is 38.2 Å². The van der Waals surface area contributed by atoms with Crippen LogP contribution in [0.2, 0.25) is 0 Å². The van der Waals surface area contributed by atoms with Crippen LogP contribution < -0.4 is 9.64 Å². The second-order valence-electron chi connectivity index (χ2n) is 7.85. The summed E-state index contributed by atoms with van der Waals surface area (Å²) < 4.78 is 7.08. The number of piperazine rings is 1. The number of carbonyl (C=O) groups is 1. The van der Waals surface area contributed by atoms with Crippen molar-refractivity contribution in [2.45, 2.75) is 0 Å². The van der Waals surface area contributed by atoms with Crippen LogP contribution in [0, 0.1) is 0 Å². The first kappa shape index (κ1) is 20.8. The van der Waals surface area contributed by atoms with E-state index in [0.717, 1.165) is 35.8 Å². The van der Waals surface area contributed by atoms with Gasteiger partial charge in [0.15, 0.2) is 5.82 Å². The van der Waals surface area contributed by atoms with E-state index in [2.05, 4.69) is 21.0 Å². The lowest BCUT2D eigenvalue weighted by Crippen LogP contribution is -2.49. The average Bonchev–Trinajstić information content (AvgIpc) is 3.35. The number of amides is 1. The van der Waals surface area contributed by atoms with E-state index in [4.69, 9.17) is 4.74 Å². The van der Waals surface area contributed by atoms with Crippen LogP contribution in [-0.4, -0.2) is 58.9 Å². The first-order valence-electron chi connectivity index (χ1n) is 11.0. The van der Waals surface area contributed by atoms with Gasteiger partial charge in [-0.15, -0.1) is 5.10 Å². The van der Waals surface area contributed by atoms with Gasteiger partial charge in [0, 0.05) is 43.5 Å². The molecule has 1 amide bonds. The molecule has 7 heteroatoms. The maximum atomic E-state index is 13.3. The first-order chi connectivity index (χ1) is 16.2. The molecule has 0 aliphatic carbocycles. The lowest BCUT2D eigenvalue weighted by Gasteiger charge is -2.35. The van der Waals surface area contributed by atoms with Crippen molar-refractivity contribution in [1.29, 1.82) is 0 Å². The number of anilines is 1. The van der Waals surface area contributed by atoms with E-state index in [-0.39, 0.29) is 11.7 Å². The Hall–Kier alpha value is -4.13. The summed E-state index contributed by atoms with van der Waals surface area (Å²) in [6.07, 6.45) is 0. The number of ether oxygens (including phenoxy) is 1. The van der Waals surface area contributed by atoms with E-state index in [1.807, 2.05) is 83.8 Å². The fraction of sp³-hybridized carbons (Fsp3) is 0.192. The normalized spacial score (nSPS) is 13.7. The number of nitrogens with zero attached hydrogens (tertiary/aromatic N) is 5. The number of aromatic nitrogens is 3. The molecule has 0 bridgehead atoms. The van der Waals surface area contributed by atoms with Crippen molar-refractivity contribution in [3.63, 3.8) is 0 Å². The Kier molecular flexibility index (Phi) is 5.76. The molecule has 0 unspecified atom stereocenters. The highest BCUT2D eigenvalue weighted by Gasteiger charge is 2.27. The van der Waals surface area contributed by atoms with Crippen LogP contribution in [0.15, 0.2) is 84.9 Å². The Bertz CT molecular complexity index is 1180. The fourth-order valence-electron chi connectivity index (χ4n) is 4.04. The van der Waals surface area contributed by atoms with Crippen LogP contribution in [0.4, 0.5) is 5.69 Å². The molecule has 1 fully saturated rings. The molecule has 0 N–H and O–H groups in total. The number of carbonyl (C=O) groups excluding carboxylic acids is 1. The quantitative estimate of drug-likeness (QED) is 0.472. The van der Waals surface area contributed by atoms with Gasteiger partial charge in [-0.1, -0.05) is 54.6 Å². The van der Waals surface area contributed by atoms with Crippen LogP contribution in [0.1, 0.15) is 10.6 Å². The van der Waals surface area contributed by atoms with E-state index in [0.29, 0.717) is 18.9 Å². The molecule has 0 radical (unpaired) electrons. The Morgan fingerprint density at radius 1 is 0.818 bits per heavy atom. The molecule has 2 heterocycles. The number of rotatable bonds is 5. The molecule has 33 heavy (non-hydrogen) atoms. The smallest absolute Gasteiger partial charge is 0.293 e. The van der Waals surface area contributed by atoms with Gasteiger partial charge in [0.05, 0.1) is 12.8 Å². The van der Waals surface area contributed by atoms with Gasteiger partial charge in [-0.2, -0.15) is 0 Å². The van der Waals surface area contributed by atoms with Gasteiger partial charge in [-0.3, -0.25) is 4.79 Å². The molecule has 166 valence electrons. The van der Waals surface area contributed by atoms with Gasteiger partial charge in [-0.25, -0.2) is 9.67 Å². The number of methoxy groups -OCH3 is 1. The summed E-state index contributed by atoms with van der Waals surface area (Å²) in [5.74, 6) is 1.55. The van der Waals surface area contributed by atoms with Gasteiger partial charge in [0.1, 0.15) is 5.75 Å².